The Morgan fingerprint density at radius 1 is 0.931 bits per heavy atom. The van der Waals surface area contributed by atoms with Crippen LogP contribution in [0.3, 0.4) is 0 Å². The maximum Gasteiger partial charge on any atom is 0.190 e. The second kappa shape index (κ2) is 7.50. The Kier molecular flexibility index (Phi) is 4.55. The molecule has 0 amide bonds. The summed E-state index contributed by atoms with van der Waals surface area (Å²) in [5.74, 6) is 1.09. The van der Waals surface area contributed by atoms with Gasteiger partial charge in [0.15, 0.2) is 11.6 Å². The molecule has 7 nitrogen and oxygen atoms in total. The predicted molar refractivity (Wildman–Crippen MR) is 112 cm³/mol. The van der Waals surface area contributed by atoms with Crippen molar-refractivity contribution in [3.8, 4) is 39.2 Å². The summed E-state index contributed by atoms with van der Waals surface area (Å²) >= 11 is 7.60. The van der Waals surface area contributed by atoms with Crippen molar-refractivity contribution in [3.05, 3.63) is 77.4 Å². The van der Waals surface area contributed by atoms with Crippen molar-refractivity contribution in [3.63, 3.8) is 0 Å². The lowest BCUT2D eigenvalue weighted by atomic mass is 10.1. The first-order valence-electron chi connectivity index (χ1n) is 8.66. The van der Waals surface area contributed by atoms with Crippen LogP contribution in [0.15, 0.2) is 72.4 Å². The number of thiophene rings is 1. The molecule has 4 aromatic heterocycles. The topological polar surface area (TPSA) is 82.3 Å². The average molecular weight is 418 g/mol. The maximum atomic E-state index is 6.01. The fourth-order valence-corrected chi connectivity index (χ4v) is 3.73. The van der Waals surface area contributed by atoms with Crippen molar-refractivity contribution in [1.82, 2.24) is 35.2 Å². The van der Waals surface area contributed by atoms with E-state index < -0.39 is 0 Å². The lowest BCUT2D eigenvalue weighted by Crippen LogP contribution is -2.03. The van der Waals surface area contributed by atoms with Crippen molar-refractivity contribution in [2.24, 2.45) is 0 Å². The summed E-state index contributed by atoms with van der Waals surface area (Å²) in [7, 11) is 0. The average Bonchev–Trinajstić information content (AvgIpc) is 3.47. The van der Waals surface area contributed by atoms with Crippen molar-refractivity contribution in [1.29, 1.82) is 0 Å². The molecule has 0 radical (unpaired) electrons. The molecule has 0 aliphatic carbocycles. The van der Waals surface area contributed by atoms with Crippen LogP contribution >= 0.6 is 22.9 Å². The molecule has 0 bridgehead atoms. The summed E-state index contributed by atoms with van der Waals surface area (Å²) < 4.78 is 1.65. The van der Waals surface area contributed by atoms with Crippen LogP contribution in [-0.4, -0.2) is 35.2 Å². The van der Waals surface area contributed by atoms with Gasteiger partial charge in [-0.15, -0.1) is 16.4 Å². The maximum absolute atomic E-state index is 6.01. The first-order valence-corrected chi connectivity index (χ1v) is 9.92. The van der Waals surface area contributed by atoms with Crippen molar-refractivity contribution >= 4 is 22.9 Å². The summed E-state index contributed by atoms with van der Waals surface area (Å²) in [4.78, 5) is 14.7. The van der Waals surface area contributed by atoms with Crippen LogP contribution in [0.5, 0.6) is 0 Å². The van der Waals surface area contributed by atoms with Gasteiger partial charge in [-0.05, 0) is 58.3 Å². The first kappa shape index (κ1) is 17.6. The Morgan fingerprint density at radius 2 is 1.83 bits per heavy atom. The van der Waals surface area contributed by atoms with Gasteiger partial charge in [-0.2, -0.15) is 4.68 Å². The minimum Gasteiger partial charge on any atom is -0.253 e. The number of benzene rings is 1. The summed E-state index contributed by atoms with van der Waals surface area (Å²) in [6, 6.07) is 16.9. The molecule has 0 unspecified atom stereocenters. The quantitative estimate of drug-likeness (QED) is 0.426. The smallest absolute Gasteiger partial charge is 0.190 e. The van der Waals surface area contributed by atoms with Crippen LogP contribution in [0.1, 0.15) is 0 Å². The molecular formula is C20H12ClN7S. The van der Waals surface area contributed by atoms with E-state index in [1.165, 1.54) is 0 Å². The molecule has 0 fully saturated rings. The van der Waals surface area contributed by atoms with Gasteiger partial charge in [0, 0.05) is 17.4 Å². The molecule has 4 heterocycles. The fraction of sp³-hybridized carbons (Fsp3) is 0. The van der Waals surface area contributed by atoms with Gasteiger partial charge in [0.1, 0.15) is 5.69 Å². The van der Waals surface area contributed by atoms with Crippen LogP contribution in [0, 0.1) is 0 Å². The number of hydrogen-bond acceptors (Lipinski definition) is 7. The second-order valence-electron chi connectivity index (χ2n) is 6.04. The van der Waals surface area contributed by atoms with Crippen LogP contribution in [0.2, 0.25) is 5.02 Å². The van der Waals surface area contributed by atoms with E-state index in [1.807, 2.05) is 47.8 Å². The Morgan fingerprint density at radius 3 is 2.59 bits per heavy atom. The minimum absolute atomic E-state index is 0.545. The number of tetrazole rings is 1. The standard InChI is InChI=1S/C20H12ClN7S/c21-13-6-8-14(9-7-13)28-20(25-26-27-28)15-12-23-19(16-4-1-2-10-22-16)24-18(15)17-5-3-11-29-17/h1-12H. The molecule has 5 rings (SSSR count). The number of hydrogen-bond donors (Lipinski definition) is 0. The van der Waals surface area contributed by atoms with Gasteiger partial charge in [0.25, 0.3) is 0 Å². The Balaban J connectivity index is 1.68. The highest BCUT2D eigenvalue weighted by atomic mass is 35.5. The van der Waals surface area contributed by atoms with Gasteiger partial charge in [0.05, 0.1) is 21.8 Å². The van der Waals surface area contributed by atoms with E-state index in [0.717, 1.165) is 21.8 Å². The second-order valence-corrected chi connectivity index (χ2v) is 7.42. The lowest BCUT2D eigenvalue weighted by molar-refractivity contribution is 0.791. The van der Waals surface area contributed by atoms with E-state index in [4.69, 9.17) is 16.6 Å². The third-order valence-electron chi connectivity index (χ3n) is 4.22. The molecule has 0 saturated carbocycles. The molecule has 140 valence electrons. The summed E-state index contributed by atoms with van der Waals surface area (Å²) in [5.41, 5.74) is 2.97. The van der Waals surface area contributed by atoms with Crippen molar-refractivity contribution in [2.75, 3.05) is 0 Å². The van der Waals surface area contributed by atoms with E-state index in [1.54, 1.807) is 40.5 Å². The van der Waals surface area contributed by atoms with Gasteiger partial charge in [-0.3, -0.25) is 4.98 Å². The largest absolute Gasteiger partial charge is 0.253 e. The van der Waals surface area contributed by atoms with E-state index in [9.17, 15) is 0 Å². The molecule has 0 aliphatic heterocycles. The van der Waals surface area contributed by atoms with Gasteiger partial charge < -0.3 is 0 Å². The predicted octanol–water partition coefficient (Wildman–Crippen LogP) is 4.56. The van der Waals surface area contributed by atoms with Gasteiger partial charge in [-0.25, -0.2) is 9.97 Å². The third kappa shape index (κ3) is 3.39. The zero-order chi connectivity index (χ0) is 19.6. The van der Waals surface area contributed by atoms with E-state index in [-0.39, 0.29) is 0 Å². The number of aromatic nitrogens is 7. The molecule has 29 heavy (non-hydrogen) atoms. The SMILES string of the molecule is Clc1ccc(-n2nnnc2-c2cnc(-c3ccccn3)nc2-c2cccs2)cc1. The molecule has 0 saturated heterocycles. The molecule has 0 atom stereocenters. The van der Waals surface area contributed by atoms with Crippen LogP contribution in [0.25, 0.3) is 39.2 Å². The first-order chi connectivity index (χ1) is 14.3. The Bertz CT molecular complexity index is 1250. The van der Waals surface area contributed by atoms with Gasteiger partial charge in [-0.1, -0.05) is 23.7 Å². The number of halogens is 1. The molecular weight excluding hydrogens is 406 g/mol. The molecule has 0 spiro atoms. The zero-order valence-electron chi connectivity index (χ0n) is 14.8. The van der Waals surface area contributed by atoms with E-state index in [0.29, 0.717) is 22.4 Å². The van der Waals surface area contributed by atoms with Gasteiger partial charge in [0.2, 0.25) is 0 Å². The molecule has 9 heteroatoms. The number of pyridine rings is 1. The molecule has 5 aromatic rings. The summed E-state index contributed by atoms with van der Waals surface area (Å²) in [6.07, 6.45) is 3.46. The molecule has 0 aliphatic rings. The highest BCUT2D eigenvalue weighted by Crippen LogP contribution is 2.33. The van der Waals surface area contributed by atoms with Crippen LogP contribution < -0.4 is 0 Å². The minimum atomic E-state index is 0.545. The number of nitrogens with zero attached hydrogens (tertiary/aromatic N) is 7. The summed E-state index contributed by atoms with van der Waals surface area (Å²) in [6.45, 7) is 0. The highest BCUT2D eigenvalue weighted by molar-refractivity contribution is 7.13. The highest BCUT2D eigenvalue weighted by Gasteiger charge is 2.19. The normalized spacial score (nSPS) is 10.9. The Hall–Kier alpha value is -3.49. The Labute approximate surface area is 174 Å². The summed E-state index contributed by atoms with van der Waals surface area (Å²) in [5, 5.41) is 14.9. The monoisotopic (exact) mass is 417 g/mol. The van der Waals surface area contributed by atoms with E-state index >= 15 is 0 Å². The third-order valence-corrected chi connectivity index (χ3v) is 5.35. The number of rotatable bonds is 4. The van der Waals surface area contributed by atoms with Crippen LogP contribution in [-0.2, 0) is 0 Å². The fourth-order valence-electron chi connectivity index (χ4n) is 2.88. The van der Waals surface area contributed by atoms with Crippen molar-refractivity contribution < 1.29 is 0 Å². The van der Waals surface area contributed by atoms with E-state index in [2.05, 4.69) is 25.5 Å². The molecule has 1 aromatic carbocycles. The lowest BCUT2D eigenvalue weighted by Gasteiger charge is -2.09. The van der Waals surface area contributed by atoms with Crippen molar-refractivity contribution in [2.45, 2.75) is 0 Å². The molecule has 0 N–H and O–H groups in total. The zero-order valence-corrected chi connectivity index (χ0v) is 16.4. The van der Waals surface area contributed by atoms with Crippen LogP contribution in [0.4, 0.5) is 0 Å². The van der Waals surface area contributed by atoms with Gasteiger partial charge >= 0.3 is 0 Å².